The molecular formula is C23H25ClN6O. The van der Waals surface area contributed by atoms with E-state index >= 15 is 0 Å². The summed E-state index contributed by atoms with van der Waals surface area (Å²) in [6.07, 6.45) is 1.05. The molecule has 1 N–H and O–H groups in total. The molecule has 0 saturated carbocycles. The van der Waals surface area contributed by atoms with Crippen molar-refractivity contribution in [2.45, 2.75) is 39.3 Å². The third-order valence-corrected chi connectivity index (χ3v) is 5.91. The van der Waals surface area contributed by atoms with Crippen LogP contribution >= 0.6 is 11.6 Å². The highest BCUT2D eigenvalue weighted by atomic mass is 35.5. The van der Waals surface area contributed by atoms with Gasteiger partial charge in [-0.05, 0) is 51.0 Å². The van der Waals surface area contributed by atoms with Gasteiger partial charge in [-0.1, -0.05) is 17.7 Å². The van der Waals surface area contributed by atoms with Crippen LogP contribution in [0.3, 0.4) is 0 Å². The average molecular weight is 437 g/mol. The summed E-state index contributed by atoms with van der Waals surface area (Å²) >= 11 is 6.00. The molecule has 1 fully saturated rings. The number of hydrogen-bond donors (Lipinski definition) is 1. The maximum absolute atomic E-state index is 9.72. The zero-order valence-electron chi connectivity index (χ0n) is 18.1. The first-order chi connectivity index (χ1) is 14.9. The Morgan fingerprint density at radius 1 is 1.26 bits per heavy atom. The molecular weight excluding hydrogens is 412 g/mol. The molecule has 0 unspecified atom stereocenters. The third-order valence-electron chi connectivity index (χ3n) is 5.70. The van der Waals surface area contributed by atoms with Gasteiger partial charge in [0, 0.05) is 25.8 Å². The van der Waals surface area contributed by atoms with Crippen LogP contribution in [0.2, 0.25) is 5.15 Å². The summed E-state index contributed by atoms with van der Waals surface area (Å²) in [4.78, 5) is 16.0. The molecule has 0 radical (unpaired) electrons. The predicted molar refractivity (Wildman–Crippen MR) is 123 cm³/mol. The highest BCUT2D eigenvalue weighted by molar-refractivity contribution is 6.29. The molecule has 3 heterocycles. The van der Waals surface area contributed by atoms with Gasteiger partial charge in [-0.3, -0.25) is 0 Å². The first kappa shape index (κ1) is 21.3. The van der Waals surface area contributed by atoms with Crippen LogP contribution < -0.4 is 10.2 Å². The number of fused-ring (bicyclic) bond motifs is 1. The number of rotatable bonds is 5. The summed E-state index contributed by atoms with van der Waals surface area (Å²) < 4.78 is 5.49. The van der Waals surface area contributed by atoms with Gasteiger partial charge in [0.2, 0.25) is 0 Å². The average Bonchev–Trinajstić information content (AvgIpc) is 3.23. The van der Waals surface area contributed by atoms with Gasteiger partial charge in [0.05, 0.1) is 34.6 Å². The van der Waals surface area contributed by atoms with Gasteiger partial charge < -0.3 is 15.0 Å². The van der Waals surface area contributed by atoms with E-state index in [1.807, 2.05) is 26.0 Å². The van der Waals surface area contributed by atoms with Crippen LogP contribution in [0.15, 0.2) is 24.3 Å². The Bertz CT molecular complexity index is 1170. The van der Waals surface area contributed by atoms with E-state index in [0.29, 0.717) is 23.2 Å². The highest BCUT2D eigenvalue weighted by Crippen LogP contribution is 2.31. The van der Waals surface area contributed by atoms with Crippen LogP contribution in [0, 0.1) is 25.2 Å². The highest BCUT2D eigenvalue weighted by Gasteiger charge is 2.27. The Balaban J connectivity index is 1.77. The molecule has 0 bridgehead atoms. The number of anilines is 2. The number of nitrogens with zero attached hydrogens (tertiary/aromatic N) is 5. The van der Waals surface area contributed by atoms with Gasteiger partial charge in [-0.25, -0.2) is 15.0 Å². The molecule has 0 aliphatic carbocycles. The number of nitrogens with one attached hydrogen (secondary N) is 1. The van der Waals surface area contributed by atoms with Gasteiger partial charge in [-0.2, -0.15) is 5.26 Å². The lowest BCUT2D eigenvalue weighted by Gasteiger charge is -2.22. The van der Waals surface area contributed by atoms with Gasteiger partial charge in [0.25, 0.3) is 0 Å². The lowest BCUT2D eigenvalue weighted by atomic mass is 10.0. The van der Waals surface area contributed by atoms with E-state index in [4.69, 9.17) is 21.3 Å². The molecule has 1 aromatic carbocycles. The number of aromatic nitrogens is 3. The summed E-state index contributed by atoms with van der Waals surface area (Å²) in [6.45, 7) is 7.52. The van der Waals surface area contributed by atoms with E-state index < -0.39 is 0 Å². The second-order valence-electron chi connectivity index (χ2n) is 7.95. The van der Waals surface area contributed by atoms with Crippen LogP contribution in [-0.4, -0.2) is 41.3 Å². The van der Waals surface area contributed by atoms with Crippen molar-refractivity contribution in [3.05, 3.63) is 51.9 Å². The number of ether oxygens (including phenoxy) is 1. The van der Waals surface area contributed by atoms with E-state index in [-0.39, 0.29) is 12.1 Å². The fraction of sp³-hybridized carbons (Fsp3) is 0.391. The van der Waals surface area contributed by atoms with Crippen molar-refractivity contribution in [3.8, 4) is 6.07 Å². The number of nitriles is 1. The van der Waals surface area contributed by atoms with Crippen molar-refractivity contribution >= 4 is 34.1 Å². The lowest BCUT2D eigenvalue weighted by Crippen LogP contribution is -2.24. The van der Waals surface area contributed by atoms with E-state index in [0.717, 1.165) is 46.5 Å². The number of benzene rings is 1. The smallest absolute Gasteiger partial charge is 0.183 e. The third kappa shape index (κ3) is 4.27. The van der Waals surface area contributed by atoms with Crippen molar-refractivity contribution < 1.29 is 4.74 Å². The van der Waals surface area contributed by atoms with Crippen LogP contribution in [0.5, 0.6) is 0 Å². The standard InChI is InChI=1S/C23H25ClN6O/c1-13-9-17(14(2)26-18-5-6-21(24)27-15(18)3)22-19(10-13)28-20(11-25)23(29-22)30-8-7-16(12-30)31-4/h5-6,9-10,14,16,26H,7-8,12H2,1-4H3/t14-,16-/m1/s1. The van der Waals surface area contributed by atoms with Gasteiger partial charge >= 0.3 is 0 Å². The van der Waals surface area contributed by atoms with Gasteiger partial charge in [0.15, 0.2) is 11.5 Å². The lowest BCUT2D eigenvalue weighted by molar-refractivity contribution is 0.121. The van der Waals surface area contributed by atoms with Crippen LogP contribution in [-0.2, 0) is 4.74 Å². The number of aryl methyl sites for hydroxylation is 2. The molecule has 0 spiro atoms. The fourth-order valence-electron chi connectivity index (χ4n) is 4.06. The minimum Gasteiger partial charge on any atom is -0.380 e. The van der Waals surface area contributed by atoms with E-state index in [1.54, 1.807) is 13.2 Å². The number of pyridine rings is 1. The van der Waals surface area contributed by atoms with Crippen molar-refractivity contribution in [2.24, 2.45) is 0 Å². The van der Waals surface area contributed by atoms with Crippen molar-refractivity contribution in [1.29, 1.82) is 5.26 Å². The maximum Gasteiger partial charge on any atom is 0.183 e. The molecule has 7 nitrogen and oxygen atoms in total. The second kappa shape index (κ2) is 8.66. The first-order valence-corrected chi connectivity index (χ1v) is 10.7. The van der Waals surface area contributed by atoms with Gasteiger partial charge in [0.1, 0.15) is 11.2 Å². The first-order valence-electron chi connectivity index (χ1n) is 10.3. The Morgan fingerprint density at radius 3 is 2.74 bits per heavy atom. The van der Waals surface area contributed by atoms with Crippen molar-refractivity contribution in [3.63, 3.8) is 0 Å². The molecule has 2 aromatic heterocycles. The summed E-state index contributed by atoms with van der Waals surface area (Å²) in [5.41, 5.74) is 5.68. The monoisotopic (exact) mass is 436 g/mol. The summed E-state index contributed by atoms with van der Waals surface area (Å²) in [6, 6.07) is 9.97. The Morgan fingerprint density at radius 2 is 2.06 bits per heavy atom. The molecule has 31 heavy (non-hydrogen) atoms. The molecule has 3 aromatic rings. The minimum absolute atomic E-state index is 0.0514. The van der Waals surface area contributed by atoms with Crippen molar-refractivity contribution in [2.75, 3.05) is 30.4 Å². The van der Waals surface area contributed by atoms with Crippen LogP contribution in [0.1, 0.15) is 41.9 Å². The molecule has 4 rings (SSSR count). The Labute approximate surface area is 187 Å². The minimum atomic E-state index is -0.0514. The summed E-state index contributed by atoms with van der Waals surface area (Å²) in [5, 5.41) is 13.7. The summed E-state index contributed by atoms with van der Waals surface area (Å²) in [7, 11) is 1.72. The predicted octanol–water partition coefficient (Wildman–Crippen LogP) is 4.56. The quantitative estimate of drug-likeness (QED) is 0.586. The maximum atomic E-state index is 9.72. The molecule has 8 heteroatoms. The number of methoxy groups -OCH3 is 1. The molecule has 2 atom stereocenters. The van der Waals surface area contributed by atoms with E-state index in [2.05, 4.69) is 39.2 Å². The van der Waals surface area contributed by atoms with Gasteiger partial charge in [-0.15, -0.1) is 0 Å². The van der Waals surface area contributed by atoms with E-state index in [9.17, 15) is 5.26 Å². The number of halogens is 1. The number of hydrogen-bond acceptors (Lipinski definition) is 7. The van der Waals surface area contributed by atoms with Crippen molar-refractivity contribution in [1.82, 2.24) is 15.0 Å². The second-order valence-corrected chi connectivity index (χ2v) is 8.34. The molecule has 1 aliphatic heterocycles. The topological polar surface area (TPSA) is 87.0 Å². The largest absolute Gasteiger partial charge is 0.380 e. The van der Waals surface area contributed by atoms with E-state index in [1.165, 1.54) is 0 Å². The fourth-order valence-corrected chi connectivity index (χ4v) is 4.25. The molecule has 0 amide bonds. The zero-order valence-corrected chi connectivity index (χ0v) is 18.9. The normalized spacial score (nSPS) is 17.0. The summed E-state index contributed by atoms with van der Waals surface area (Å²) in [5.74, 6) is 0.621. The molecule has 160 valence electrons. The molecule has 1 aliphatic rings. The van der Waals surface area contributed by atoms with Crippen LogP contribution in [0.4, 0.5) is 11.5 Å². The molecule has 1 saturated heterocycles. The Kier molecular flexibility index (Phi) is 5.94. The zero-order chi connectivity index (χ0) is 22.1. The Hall–Kier alpha value is -2.95. The SMILES string of the molecule is CO[C@@H]1CCN(c2nc3c([C@@H](C)Nc4ccc(Cl)nc4C)cc(C)cc3nc2C#N)C1. The van der Waals surface area contributed by atoms with Crippen LogP contribution in [0.25, 0.3) is 11.0 Å².